The lowest BCUT2D eigenvalue weighted by atomic mass is 10.1. The first kappa shape index (κ1) is 24.4. The van der Waals surface area contributed by atoms with E-state index in [0.29, 0.717) is 51.6 Å². The minimum Gasteiger partial charge on any atom is -0.480 e. The Hall–Kier alpha value is -1.83. The number of unbranched alkanes of at least 4 members (excludes halogenated alkanes) is 1. The SMILES string of the molecule is N[C@@H](CCCCN1C[C@@H](O)[C@@H](O)CC2NC(NCCC[C@H](N)C(=O)O)N=C21)C(=O)O. The van der Waals surface area contributed by atoms with E-state index in [0.717, 1.165) is 5.84 Å². The van der Waals surface area contributed by atoms with Crippen molar-refractivity contribution in [2.24, 2.45) is 16.5 Å². The number of carboxylic acids is 2. The Kier molecular flexibility index (Phi) is 9.39. The third-order valence-corrected chi connectivity index (χ3v) is 5.44. The molecule has 1 fully saturated rings. The molecule has 2 unspecified atom stereocenters. The second kappa shape index (κ2) is 11.5. The Bertz CT molecular complexity index is 620. The number of nitrogens with two attached hydrogens (primary N) is 2. The average Bonchev–Trinajstić information content (AvgIpc) is 3.04. The zero-order valence-electron chi connectivity index (χ0n) is 17.0. The number of aliphatic carboxylic acids is 2. The van der Waals surface area contributed by atoms with Gasteiger partial charge in [-0.2, -0.15) is 0 Å². The van der Waals surface area contributed by atoms with Gasteiger partial charge in [-0.25, -0.2) is 4.99 Å². The third kappa shape index (κ3) is 7.15. The quantitative estimate of drug-likeness (QED) is 0.151. The van der Waals surface area contributed by atoms with Crippen LogP contribution in [-0.2, 0) is 9.59 Å². The molecule has 0 radical (unpaired) electrons. The summed E-state index contributed by atoms with van der Waals surface area (Å²) in [4.78, 5) is 28.1. The van der Waals surface area contributed by atoms with Gasteiger partial charge in [0.1, 0.15) is 17.9 Å². The van der Waals surface area contributed by atoms with Crippen molar-refractivity contribution in [3.63, 3.8) is 0 Å². The number of rotatable bonds is 12. The number of aliphatic hydroxyl groups is 2. The van der Waals surface area contributed by atoms with E-state index in [9.17, 15) is 19.8 Å². The first-order valence-corrected chi connectivity index (χ1v) is 10.3. The number of likely N-dealkylation sites (tertiary alicyclic amines) is 1. The zero-order valence-corrected chi connectivity index (χ0v) is 17.0. The zero-order chi connectivity index (χ0) is 22.3. The summed E-state index contributed by atoms with van der Waals surface area (Å²) in [5.74, 6) is -1.30. The number of nitrogens with zero attached hydrogens (tertiary/aromatic N) is 2. The summed E-state index contributed by atoms with van der Waals surface area (Å²) in [6, 6.07) is -2.00. The highest BCUT2D eigenvalue weighted by Crippen LogP contribution is 2.20. The Labute approximate surface area is 175 Å². The molecule has 12 nitrogen and oxygen atoms in total. The van der Waals surface area contributed by atoms with E-state index < -0.39 is 36.2 Å². The van der Waals surface area contributed by atoms with E-state index in [-0.39, 0.29) is 18.9 Å². The molecule has 0 bridgehead atoms. The van der Waals surface area contributed by atoms with Crippen LogP contribution >= 0.6 is 0 Å². The van der Waals surface area contributed by atoms with Crippen LogP contribution < -0.4 is 22.1 Å². The van der Waals surface area contributed by atoms with Gasteiger partial charge < -0.3 is 36.8 Å². The van der Waals surface area contributed by atoms with Gasteiger partial charge in [-0.05, 0) is 45.1 Å². The van der Waals surface area contributed by atoms with E-state index >= 15 is 0 Å². The number of aliphatic imine (C=N–C) groups is 1. The van der Waals surface area contributed by atoms with Gasteiger partial charge in [-0.3, -0.25) is 20.2 Å². The number of aliphatic hydroxyl groups excluding tert-OH is 2. The molecule has 6 atom stereocenters. The van der Waals surface area contributed by atoms with Gasteiger partial charge in [0.05, 0.1) is 18.2 Å². The van der Waals surface area contributed by atoms with Crippen molar-refractivity contribution in [1.82, 2.24) is 15.5 Å². The maximum absolute atomic E-state index is 10.8. The topological polar surface area (TPSA) is 207 Å². The minimum atomic E-state index is -1.02. The molecule has 12 heteroatoms. The fourth-order valence-electron chi connectivity index (χ4n) is 3.62. The van der Waals surface area contributed by atoms with Crippen LogP contribution in [0.5, 0.6) is 0 Å². The van der Waals surface area contributed by atoms with Gasteiger partial charge in [0.15, 0.2) is 6.29 Å². The van der Waals surface area contributed by atoms with Crippen LogP contribution in [0.4, 0.5) is 0 Å². The summed E-state index contributed by atoms with van der Waals surface area (Å²) in [5.41, 5.74) is 11.0. The molecule has 1 saturated heterocycles. The van der Waals surface area contributed by atoms with E-state index in [2.05, 4.69) is 15.6 Å². The van der Waals surface area contributed by atoms with Crippen LogP contribution in [0.2, 0.25) is 0 Å². The minimum absolute atomic E-state index is 0.225. The molecule has 0 amide bonds. The van der Waals surface area contributed by atoms with Crippen molar-refractivity contribution in [3.05, 3.63) is 0 Å². The lowest BCUT2D eigenvalue weighted by molar-refractivity contribution is -0.139. The maximum Gasteiger partial charge on any atom is 0.320 e. The van der Waals surface area contributed by atoms with Gasteiger partial charge in [0, 0.05) is 13.1 Å². The molecule has 0 aliphatic carbocycles. The standard InChI is InChI=1S/C18H34N6O6/c19-10(16(27)28)4-1-2-7-24-9-14(26)13(25)8-12-15(24)23-18(22-12)21-6-3-5-11(20)17(29)30/h10-14,18,21-22,25-26H,1-9,19-20H2,(H,27,28)(H,29,30)/t10-,11-,12?,13-,14+,18?/m0/s1. The summed E-state index contributed by atoms with van der Waals surface area (Å²) >= 11 is 0. The number of amidine groups is 1. The molecule has 0 aromatic heterocycles. The molecule has 0 aromatic carbocycles. The summed E-state index contributed by atoms with van der Waals surface area (Å²) in [5, 5.41) is 44.5. The fraction of sp³-hybridized carbons (Fsp3) is 0.833. The number of hydrogen-bond acceptors (Lipinski definition) is 10. The molecule has 30 heavy (non-hydrogen) atoms. The molecule has 172 valence electrons. The van der Waals surface area contributed by atoms with Crippen molar-refractivity contribution in [1.29, 1.82) is 0 Å². The summed E-state index contributed by atoms with van der Waals surface area (Å²) in [6.45, 7) is 1.33. The largest absolute Gasteiger partial charge is 0.480 e. The van der Waals surface area contributed by atoms with Gasteiger partial charge in [-0.1, -0.05) is 0 Å². The molecule has 0 saturated carbocycles. The van der Waals surface area contributed by atoms with Gasteiger partial charge in [0.2, 0.25) is 0 Å². The summed E-state index contributed by atoms with van der Waals surface area (Å²) in [7, 11) is 0. The molecule has 2 aliphatic rings. The Morgan fingerprint density at radius 1 is 1.10 bits per heavy atom. The van der Waals surface area contributed by atoms with E-state index in [1.54, 1.807) is 0 Å². The normalized spacial score (nSPS) is 28.4. The van der Waals surface area contributed by atoms with Crippen molar-refractivity contribution in [3.8, 4) is 0 Å². The predicted molar refractivity (Wildman–Crippen MR) is 109 cm³/mol. The first-order chi connectivity index (χ1) is 14.2. The second-order valence-electron chi connectivity index (χ2n) is 7.91. The molecule has 10 N–H and O–H groups in total. The fourth-order valence-corrected chi connectivity index (χ4v) is 3.62. The number of carboxylic acid groups (broad SMARTS) is 2. The number of hydrogen-bond donors (Lipinski definition) is 8. The van der Waals surface area contributed by atoms with Crippen molar-refractivity contribution < 1.29 is 30.0 Å². The van der Waals surface area contributed by atoms with E-state index in [4.69, 9.17) is 21.7 Å². The first-order valence-electron chi connectivity index (χ1n) is 10.3. The highest BCUT2D eigenvalue weighted by Gasteiger charge is 2.38. The number of fused-ring (bicyclic) bond motifs is 1. The summed E-state index contributed by atoms with van der Waals surface area (Å²) in [6.07, 6.45) is 0.765. The van der Waals surface area contributed by atoms with Crippen LogP contribution in [0.3, 0.4) is 0 Å². The van der Waals surface area contributed by atoms with Gasteiger partial charge >= 0.3 is 11.9 Å². The monoisotopic (exact) mass is 430 g/mol. The van der Waals surface area contributed by atoms with Crippen LogP contribution in [0.25, 0.3) is 0 Å². The number of nitrogens with one attached hydrogen (secondary N) is 2. The third-order valence-electron chi connectivity index (χ3n) is 5.44. The molecule has 0 spiro atoms. The Balaban J connectivity index is 1.88. The lowest BCUT2D eigenvalue weighted by Gasteiger charge is -2.26. The summed E-state index contributed by atoms with van der Waals surface area (Å²) < 4.78 is 0. The van der Waals surface area contributed by atoms with Crippen LogP contribution in [0, 0.1) is 0 Å². The van der Waals surface area contributed by atoms with Gasteiger partial charge in [0.25, 0.3) is 0 Å². The van der Waals surface area contributed by atoms with Crippen molar-refractivity contribution in [2.45, 2.75) is 75.1 Å². The van der Waals surface area contributed by atoms with Crippen LogP contribution in [0.1, 0.15) is 38.5 Å². The number of β-amino-alcohol motifs (C(OH)–C–C–N with tert-alkyl or cyclic N) is 1. The number of carbonyl (C=O) groups is 2. The highest BCUT2D eigenvalue weighted by molar-refractivity contribution is 5.89. The molecule has 0 aromatic rings. The molecular formula is C18H34N6O6. The Morgan fingerprint density at radius 2 is 1.73 bits per heavy atom. The lowest BCUT2D eigenvalue weighted by Crippen LogP contribution is -2.46. The second-order valence-corrected chi connectivity index (χ2v) is 7.91. The predicted octanol–water partition coefficient (Wildman–Crippen LogP) is -2.57. The average molecular weight is 431 g/mol. The highest BCUT2D eigenvalue weighted by atomic mass is 16.4. The van der Waals surface area contributed by atoms with E-state index in [1.165, 1.54) is 0 Å². The molecular weight excluding hydrogens is 396 g/mol. The van der Waals surface area contributed by atoms with Crippen LogP contribution in [0.15, 0.2) is 4.99 Å². The molecule has 2 heterocycles. The molecule has 2 aliphatic heterocycles. The molecule has 2 rings (SSSR count). The Morgan fingerprint density at radius 3 is 2.37 bits per heavy atom. The van der Waals surface area contributed by atoms with Crippen LogP contribution in [-0.4, -0.2) is 99.4 Å². The van der Waals surface area contributed by atoms with Crippen molar-refractivity contribution in [2.75, 3.05) is 19.6 Å². The van der Waals surface area contributed by atoms with Crippen molar-refractivity contribution >= 4 is 17.8 Å². The smallest absolute Gasteiger partial charge is 0.320 e. The van der Waals surface area contributed by atoms with Gasteiger partial charge in [-0.15, -0.1) is 0 Å². The maximum atomic E-state index is 10.8. The van der Waals surface area contributed by atoms with E-state index in [1.807, 2.05) is 4.90 Å².